The van der Waals surface area contributed by atoms with Crippen LogP contribution in [0.4, 0.5) is 8.78 Å². The highest BCUT2D eigenvalue weighted by atomic mass is 19.1. The van der Waals surface area contributed by atoms with Crippen molar-refractivity contribution in [1.29, 1.82) is 0 Å². The summed E-state index contributed by atoms with van der Waals surface area (Å²) in [6.07, 6.45) is 8.45. The lowest BCUT2D eigenvalue weighted by atomic mass is 9.46. The highest BCUT2D eigenvalue weighted by molar-refractivity contribution is 5.29. The molecule has 0 aromatic heterocycles. The van der Waals surface area contributed by atoms with Gasteiger partial charge in [-0.3, -0.25) is 0 Å². The normalized spacial score (nSPS) is 54.7. The van der Waals surface area contributed by atoms with Gasteiger partial charge in [-0.05, 0) is 50.4 Å². The molecule has 2 saturated carbocycles. The highest BCUT2D eigenvalue weighted by Crippen LogP contribution is 2.67. The smallest absolute Gasteiger partial charge is 0.157 e. The van der Waals surface area contributed by atoms with Crippen LogP contribution in [-0.2, 0) is 0 Å². The van der Waals surface area contributed by atoms with Gasteiger partial charge in [-0.2, -0.15) is 0 Å². The van der Waals surface area contributed by atoms with Crippen LogP contribution in [0.2, 0.25) is 0 Å². The Bertz CT molecular complexity index is 560. The summed E-state index contributed by atoms with van der Waals surface area (Å²) in [4.78, 5) is 0. The van der Waals surface area contributed by atoms with Crippen LogP contribution in [0.5, 0.6) is 0 Å². The number of hydrogen-bond donors (Lipinski definition) is 2. The summed E-state index contributed by atoms with van der Waals surface area (Å²) < 4.78 is 30.5. The second-order valence-corrected chi connectivity index (χ2v) is 8.39. The first-order valence-electron chi connectivity index (χ1n) is 8.89. The van der Waals surface area contributed by atoms with E-state index < -0.39 is 34.9 Å². The average Bonchev–Trinajstić information content (AvgIpc) is 2.85. The van der Waals surface area contributed by atoms with Gasteiger partial charge in [0, 0.05) is 16.7 Å². The van der Waals surface area contributed by atoms with Gasteiger partial charge in [0.05, 0.1) is 0 Å². The number of fused-ring (bicyclic) bond motifs is 5. The number of allylic oxidation sites excluding steroid dienone is 4. The summed E-state index contributed by atoms with van der Waals surface area (Å²) in [7, 11) is 0. The van der Waals surface area contributed by atoms with Crippen molar-refractivity contribution in [1.82, 2.24) is 0 Å². The lowest BCUT2D eigenvalue weighted by Crippen LogP contribution is -2.61. The van der Waals surface area contributed by atoms with E-state index in [1.54, 1.807) is 0 Å². The van der Waals surface area contributed by atoms with E-state index in [4.69, 9.17) is 0 Å². The minimum absolute atomic E-state index is 0.145. The van der Waals surface area contributed by atoms with E-state index in [9.17, 15) is 14.6 Å². The molecule has 2 fully saturated rings. The zero-order valence-corrected chi connectivity index (χ0v) is 13.6. The van der Waals surface area contributed by atoms with E-state index in [1.807, 2.05) is 19.1 Å². The first-order chi connectivity index (χ1) is 10.8. The zero-order chi connectivity index (χ0) is 16.5. The number of halogens is 2. The zero-order valence-electron chi connectivity index (χ0n) is 13.6. The molecule has 0 amide bonds. The molecule has 7 atom stereocenters. The van der Waals surface area contributed by atoms with Crippen molar-refractivity contribution >= 4 is 0 Å². The molecule has 0 aliphatic heterocycles. The molecule has 128 valence electrons. The Kier molecular flexibility index (Phi) is 3.35. The monoisotopic (exact) mass is 324 g/mol. The minimum Gasteiger partial charge on any atom is -0.368 e. The Balaban J connectivity index is 1.80. The lowest BCUT2D eigenvalue weighted by molar-refractivity contribution is -0.205. The fourth-order valence-corrected chi connectivity index (χ4v) is 6.21. The van der Waals surface area contributed by atoms with Crippen molar-refractivity contribution in [2.45, 2.75) is 63.6 Å². The third kappa shape index (κ3) is 1.85. The van der Waals surface area contributed by atoms with Gasteiger partial charge in [0.1, 0.15) is 11.8 Å². The second kappa shape index (κ2) is 4.89. The Hall–Kier alpha value is -0.740. The maximum atomic E-state index is 16.3. The van der Waals surface area contributed by atoms with Crippen molar-refractivity contribution in [3.8, 4) is 0 Å². The molecule has 0 radical (unpaired) electrons. The molecule has 2 nitrogen and oxygen atoms in total. The topological polar surface area (TPSA) is 40.5 Å². The highest BCUT2D eigenvalue weighted by Gasteiger charge is 2.68. The van der Waals surface area contributed by atoms with Crippen molar-refractivity contribution in [2.75, 3.05) is 0 Å². The van der Waals surface area contributed by atoms with Crippen LogP contribution in [-0.4, -0.2) is 28.3 Å². The molecule has 0 spiro atoms. The third-order valence-electron chi connectivity index (χ3n) is 7.60. The van der Waals surface area contributed by atoms with Gasteiger partial charge in [0.2, 0.25) is 0 Å². The summed E-state index contributed by atoms with van der Waals surface area (Å²) in [5, 5.41) is 19.9. The average molecular weight is 324 g/mol. The number of alkyl halides is 2. The van der Waals surface area contributed by atoms with E-state index in [1.165, 1.54) is 0 Å². The number of aliphatic hydroxyl groups is 2. The summed E-state index contributed by atoms with van der Waals surface area (Å²) >= 11 is 0. The standard InChI is InChI=1S/C19H26F2O2/c1-17-7-3-2-4-12(17)5-6-14-15-10-13(20)11-18(15,16(22)23)8-9-19(14,17)21/h3,5-7,12-16,22-23H,2,4,8-11H2,1H3/t12?,13-,14+,15+,17+,18+,19-/m1/s1. The van der Waals surface area contributed by atoms with E-state index >= 15 is 4.39 Å². The van der Waals surface area contributed by atoms with Crippen molar-refractivity contribution < 1.29 is 19.0 Å². The molecule has 2 N–H and O–H groups in total. The van der Waals surface area contributed by atoms with Crippen LogP contribution < -0.4 is 0 Å². The summed E-state index contributed by atoms with van der Waals surface area (Å²) in [5.74, 6) is -0.578. The minimum atomic E-state index is -1.57. The molecule has 0 bridgehead atoms. The summed E-state index contributed by atoms with van der Waals surface area (Å²) in [6.45, 7) is 1.99. The van der Waals surface area contributed by atoms with Gasteiger partial charge in [-0.25, -0.2) is 8.78 Å². The van der Waals surface area contributed by atoms with Gasteiger partial charge in [-0.15, -0.1) is 0 Å². The predicted octanol–water partition coefficient (Wildman–Crippen LogP) is 3.69. The Morgan fingerprint density at radius 1 is 1.22 bits per heavy atom. The second-order valence-electron chi connectivity index (χ2n) is 8.39. The third-order valence-corrected chi connectivity index (χ3v) is 7.60. The Labute approximate surface area is 136 Å². The Morgan fingerprint density at radius 2 is 2.00 bits per heavy atom. The number of hydrogen-bond acceptors (Lipinski definition) is 2. The van der Waals surface area contributed by atoms with Crippen LogP contribution in [0.3, 0.4) is 0 Å². The fourth-order valence-electron chi connectivity index (χ4n) is 6.21. The number of aliphatic hydroxyl groups excluding tert-OH is 1. The van der Waals surface area contributed by atoms with Gasteiger partial charge >= 0.3 is 0 Å². The van der Waals surface area contributed by atoms with Crippen molar-refractivity contribution in [2.24, 2.45) is 28.6 Å². The molecule has 4 rings (SSSR count). The van der Waals surface area contributed by atoms with Gasteiger partial charge in [0.25, 0.3) is 0 Å². The fraction of sp³-hybridized carbons (Fsp3) is 0.789. The van der Waals surface area contributed by atoms with Gasteiger partial charge in [-0.1, -0.05) is 31.2 Å². The largest absolute Gasteiger partial charge is 0.368 e. The van der Waals surface area contributed by atoms with Crippen molar-refractivity contribution in [3.63, 3.8) is 0 Å². The maximum Gasteiger partial charge on any atom is 0.157 e. The molecule has 4 heteroatoms. The van der Waals surface area contributed by atoms with Crippen LogP contribution in [0, 0.1) is 28.6 Å². The molecule has 1 unspecified atom stereocenters. The van der Waals surface area contributed by atoms with E-state index in [0.29, 0.717) is 6.42 Å². The van der Waals surface area contributed by atoms with Crippen molar-refractivity contribution in [3.05, 3.63) is 24.3 Å². The lowest BCUT2D eigenvalue weighted by Gasteiger charge is -2.60. The molecule has 0 heterocycles. The quantitative estimate of drug-likeness (QED) is 0.570. The van der Waals surface area contributed by atoms with Crippen LogP contribution >= 0.6 is 0 Å². The molecule has 23 heavy (non-hydrogen) atoms. The van der Waals surface area contributed by atoms with Gasteiger partial charge in [0.15, 0.2) is 6.29 Å². The van der Waals surface area contributed by atoms with E-state index in [2.05, 4.69) is 12.2 Å². The van der Waals surface area contributed by atoms with Crippen LogP contribution in [0.25, 0.3) is 0 Å². The molecule has 0 aromatic carbocycles. The summed E-state index contributed by atoms with van der Waals surface area (Å²) in [5.41, 5.74) is -2.87. The van der Waals surface area contributed by atoms with E-state index in [0.717, 1.165) is 12.8 Å². The molecular weight excluding hydrogens is 298 g/mol. The van der Waals surface area contributed by atoms with E-state index in [-0.39, 0.29) is 31.1 Å². The maximum absolute atomic E-state index is 16.3. The predicted molar refractivity (Wildman–Crippen MR) is 84.0 cm³/mol. The van der Waals surface area contributed by atoms with Gasteiger partial charge < -0.3 is 10.2 Å². The number of rotatable bonds is 1. The molecule has 0 aromatic rings. The molecule has 4 aliphatic rings. The first kappa shape index (κ1) is 15.8. The van der Waals surface area contributed by atoms with Crippen LogP contribution in [0.15, 0.2) is 24.3 Å². The first-order valence-corrected chi connectivity index (χ1v) is 8.89. The SMILES string of the molecule is C[C@]12C=CCCC1C=C[C@H]1[C@@H]3C[C@@H](F)C[C@@]3(C(O)O)CC[C@@]12F. The Morgan fingerprint density at radius 3 is 2.74 bits per heavy atom. The molecular formula is C19H26F2O2. The summed E-state index contributed by atoms with van der Waals surface area (Å²) in [6, 6.07) is 0. The molecule has 4 aliphatic carbocycles. The molecule has 0 saturated heterocycles. The van der Waals surface area contributed by atoms with Crippen LogP contribution in [0.1, 0.15) is 45.4 Å².